The third kappa shape index (κ3) is 12.5. The Morgan fingerprint density at radius 1 is 1.06 bits per heavy atom. The van der Waals surface area contributed by atoms with E-state index in [1.807, 2.05) is 19.2 Å². The number of carbonyl (C=O) groups is 1. The molecule has 3 atom stereocenters. The zero-order valence-electron chi connectivity index (χ0n) is 22.6. The molecule has 0 spiro atoms. The maximum atomic E-state index is 13.2. The van der Waals surface area contributed by atoms with Crippen LogP contribution >= 0.6 is 0 Å². The fourth-order valence-electron chi connectivity index (χ4n) is 3.59. The summed E-state index contributed by atoms with van der Waals surface area (Å²) in [4.78, 5) is 18.9. The second-order valence-electron chi connectivity index (χ2n) is 9.15. The average Bonchev–Trinajstić information content (AvgIpc) is 2.80. The zero-order valence-corrected chi connectivity index (χ0v) is 22.6. The quantitative estimate of drug-likeness (QED) is 0.422. The van der Waals surface area contributed by atoms with Gasteiger partial charge in [-0.05, 0) is 58.0 Å². The van der Waals surface area contributed by atoms with Gasteiger partial charge in [-0.2, -0.15) is 5.26 Å². The Kier molecular flexibility index (Phi) is 17.3. The van der Waals surface area contributed by atoms with E-state index in [0.717, 1.165) is 44.5 Å². The van der Waals surface area contributed by atoms with E-state index in [4.69, 9.17) is 5.73 Å². The van der Waals surface area contributed by atoms with Crippen molar-refractivity contribution in [2.45, 2.75) is 91.9 Å². The number of benzene rings is 1. The molecule has 0 aliphatic rings. The molecule has 1 rings (SSSR count). The summed E-state index contributed by atoms with van der Waals surface area (Å²) in [6, 6.07) is 7.82. The highest BCUT2D eigenvalue weighted by atomic mass is 19.1. The van der Waals surface area contributed by atoms with Crippen molar-refractivity contribution in [3.8, 4) is 6.07 Å². The van der Waals surface area contributed by atoms with Crippen molar-refractivity contribution in [3.05, 3.63) is 35.6 Å². The molecule has 0 radical (unpaired) electrons. The predicted octanol–water partition coefficient (Wildman–Crippen LogP) is 4.64. The largest absolute Gasteiger partial charge is 0.326 e. The van der Waals surface area contributed by atoms with Crippen LogP contribution in [-0.2, 0) is 11.3 Å². The number of nitrogens with zero attached hydrogens (tertiary/aromatic N) is 4. The standard InChI is InChI=1S/C24H40FN5O.C3H8/c1-6-8-14-30(19(3)15-26)24(31)23(27)18-28(5)20(4)16-29(13-7-2)17-21-9-11-22(25)12-10-21;1-3-2/h9-12,19-20,23H,6-8,13-14,16-18,27H2,1-5H3;3H2,1-2H3. The number of amides is 1. The van der Waals surface area contributed by atoms with Crippen molar-refractivity contribution in [3.63, 3.8) is 0 Å². The minimum atomic E-state index is -0.670. The smallest absolute Gasteiger partial charge is 0.241 e. The third-order valence-corrected chi connectivity index (χ3v) is 5.63. The van der Waals surface area contributed by atoms with E-state index in [2.05, 4.69) is 50.5 Å². The first-order valence-electron chi connectivity index (χ1n) is 12.8. The van der Waals surface area contributed by atoms with Gasteiger partial charge in [-0.3, -0.25) is 9.69 Å². The van der Waals surface area contributed by atoms with E-state index in [1.165, 1.54) is 18.6 Å². The van der Waals surface area contributed by atoms with E-state index in [1.54, 1.807) is 11.8 Å². The molecule has 0 aliphatic carbocycles. The maximum absolute atomic E-state index is 13.2. The van der Waals surface area contributed by atoms with E-state index in [0.29, 0.717) is 13.1 Å². The van der Waals surface area contributed by atoms with Crippen LogP contribution in [0.3, 0.4) is 0 Å². The van der Waals surface area contributed by atoms with Crippen LogP contribution in [0.1, 0.15) is 72.8 Å². The number of nitriles is 1. The molecule has 0 heterocycles. The van der Waals surface area contributed by atoms with Crippen LogP contribution in [0.25, 0.3) is 0 Å². The van der Waals surface area contributed by atoms with Crippen molar-refractivity contribution in [2.75, 3.05) is 33.2 Å². The Labute approximate surface area is 207 Å². The van der Waals surface area contributed by atoms with Crippen LogP contribution in [0.5, 0.6) is 0 Å². The van der Waals surface area contributed by atoms with Gasteiger partial charge >= 0.3 is 0 Å². The summed E-state index contributed by atoms with van der Waals surface area (Å²) in [5.41, 5.74) is 7.33. The molecular weight excluding hydrogens is 429 g/mol. The number of carbonyl (C=O) groups excluding carboxylic acids is 1. The molecular formula is C27H48FN5O. The zero-order chi connectivity index (χ0) is 26.1. The van der Waals surface area contributed by atoms with Crippen LogP contribution in [0.2, 0.25) is 0 Å². The first kappa shape index (κ1) is 32.0. The van der Waals surface area contributed by atoms with Gasteiger partial charge in [0.2, 0.25) is 5.91 Å². The van der Waals surface area contributed by atoms with Crippen LogP contribution < -0.4 is 5.73 Å². The van der Waals surface area contributed by atoms with Gasteiger partial charge in [-0.25, -0.2) is 4.39 Å². The molecule has 0 saturated carbocycles. The molecule has 0 aromatic heterocycles. The maximum Gasteiger partial charge on any atom is 0.241 e. The van der Waals surface area contributed by atoms with Gasteiger partial charge in [0.15, 0.2) is 0 Å². The van der Waals surface area contributed by atoms with Gasteiger partial charge < -0.3 is 15.5 Å². The van der Waals surface area contributed by atoms with Crippen molar-refractivity contribution in [1.29, 1.82) is 5.26 Å². The predicted molar refractivity (Wildman–Crippen MR) is 140 cm³/mol. The summed E-state index contributed by atoms with van der Waals surface area (Å²) in [7, 11) is 1.98. The number of halogens is 1. The lowest BCUT2D eigenvalue weighted by atomic mass is 10.1. The second kappa shape index (κ2) is 18.3. The minimum absolute atomic E-state index is 0.168. The van der Waals surface area contributed by atoms with E-state index in [-0.39, 0.29) is 17.8 Å². The fourth-order valence-corrected chi connectivity index (χ4v) is 3.59. The topological polar surface area (TPSA) is 76.6 Å². The lowest BCUT2D eigenvalue weighted by molar-refractivity contribution is -0.134. The fraction of sp³-hybridized carbons (Fsp3) is 0.704. The van der Waals surface area contributed by atoms with Crippen molar-refractivity contribution in [1.82, 2.24) is 14.7 Å². The highest BCUT2D eigenvalue weighted by molar-refractivity contribution is 5.82. The SMILES string of the molecule is CCC.CCCCN(C(=O)C(N)CN(C)C(C)CN(CCC)Cc1ccc(F)cc1)C(C)C#N. The van der Waals surface area contributed by atoms with Crippen LogP contribution in [0.4, 0.5) is 4.39 Å². The molecule has 1 amide bonds. The monoisotopic (exact) mass is 477 g/mol. The normalized spacial score (nSPS) is 13.6. The van der Waals surface area contributed by atoms with Crippen molar-refractivity contribution < 1.29 is 9.18 Å². The molecule has 194 valence electrons. The third-order valence-electron chi connectivity index (χ3n) is 5.63. The molecule has 2 N–H and O–H groups in total. The molecule has 0 aliphatic heterocycles. The van der Waals surface area contributed by atoms with Gasteiger partial charge in [0.25, 0.3) is 0 Å². The molecule has 6 nitrogen and oxygen atoms in total. The summed E-state index contributed by atoms with van der Waals surface area (Å²) >= 11 is 0. The van der Waals surface area contributed by atoms with Crippen LogP contribution in [0, 0.1) is 17.1 Å². The number of rotatable bonds is 14. The molecule has 1 aromatic rings. The number of hydrogen-bond donors (Lipinski definition) is 1. The lowest BCUT2D eigenvalue weighted by Gasteiger charge is -2.34. The first-order valence-corrected chi connectivity index (χ1v) is 12.8. The Hall–Kier alpha value is -2.01. The lowest BCUT2D eigenvalue weighted by Crippen LogP contribution is -2.53. The van der Waals surface area contributed by atoms with E-state index >= 15 is 0 Å². The number of unbranched alkanes of at least 4 members (excludes halogenated alkanes) is 1. The van der Waals surface area contributed by atoms with Gasteiger partial charge in [0.05, 0.1) is 12.1 Å². The molecule has 1 aromatic carbocycles. The van der Waals surface area contributed by atoms with Crippen LogP contribution in [-0.4, -0.2) is 72.0 Å². The highest BCUT2D eigenvalue weighted by Gasteiger charge is 2.27. The number of likely N-dealkylation sites (N-methyl/N-ethyl adjacent to an activating group) is 1. The summed E-state index contributed by atoms with van der Waals surface area (Å²) in [5.74, 6) is -0.394. The Morgan fingerprint density at radius 2 is 1.65 bits per heavy atom. The Bertz CT molecular complexity index is 706. The molecule has 0 fully saturated rings. The highest BCUT2D eigenvalue weighted by Crippen LogP contribution is 2.11. The average molecular weight is 478 g/mol. The summed E-state index contributed by atoms with van der Waals surface area (Å²) in [6.07, 6.45) is 4.08. The summed E-state index contributed by atoms with van der Waals surface area (Å²) < 4.78 is 13.2. The summed E-state index contributed by atoms with van der Waals surface area (Å²) in [6.45, 7) is 15.8. The minimum Gasteiger partial charge on any atom is -0.326 e. The number of hydrogen-bond acceptors (Lipinski definition) is 5. The van der Waals surface area contributed by atoms with Gasteiger partial charge in [-0.1, -0.05) is 52.7 Å². The Balaban J connectivity index is 0.00000343. The van der Waals surface area contributed by atoms with Crippen molar-refractivity contribution in [2.24, 2.45) is 5.73 Å². The van der Waals surface area contributed by atoms with E-state index < -0.39 is 12.1 Å². The summed E-state index contributed by atoms with van der Waals surface area (Å²) in [5, 5.41) is 9.27. The first-order chi connectivity index (χ1) is 16.1. The van der Waals surface area contributed by atoms with E-state index in [9.17, 15) is 14.4 Å². The van der Waals surface area contributed by atoms with Gasteiger partial charge in [-0.15, -0.1) is 0 Å². The second-order valence-corrected chi connectivity index (χ2v) is 9.15. The molecule has 7 heteroatoms. The van der Waals surface area contributed by atoms with Gasteiger partial charge in [0.1, 0.15) is 11.9 Å². The van der Waals surface area contributed by atoms with Gasteiger partial charge in [0, 0.05) is 32.2 Å². The van der Waals surface area contributed by atoms with Crippen LogP contribution in [0.15, 0.2) is 24.3 Å². The molecule has 0 saturated heterocycles. The van der Waals surface area contributed by atoms with Crippen molar-refractivity contribution >= 4 is 5.91 Å². The Morgan fingerprint density at radius 3 is 2.15 bits per heavy atom. The molecule has 34 heavy (non-hydrogen) atoms. The molecule has 0 bridgehead atoms. The molecule has 3 unspecified atom stereocenters. The number of nitrogens with two attached hydrogens (primary N) is 1.